The summed E-state index contributed by atoms with van der Waals surface area (Å²) in [6.45, 7) is 4.05. The highest BCUT2D eigenvalue weighted by Gasteiger charge is 2.10. The van der Waals surface area contributed by atoms with Gasteiger partial charge in [0.2, 0.25) is 0 Å². The first-order valence-corrected chi connectivity index (χ1v) is 4.75. The van der Waals surface area contributed by atoms with Crippen LogP contribution in [0.25, 0.3) is 0 Å². The van der Waals surface area contributed by atoms with E-state index in [0.29, 0.717) is 11.5 Å². The third-order valence-corrected chi connectivity index (χ3v) is 1.94. The number of amides is 1. The van der Waals surface area contributed by atoms with E-state index in [1.54, 1.807) is 0 Å². The second kappa shape index (κ2) is 4.64. The number of carbonyl (C=O) groups excluding carboxylic acids is 1. The van der Waals surface area contributed by atoms with Crippen LogP contribution in [0.1, 0.15) is 37.2 Å². The van der Waals surface area contributed by atoms with Gasteiger partial charge in [0, 0.05) is 12.1 Å². The van der Waals surface area contributed by atoms with Crippen molar-refractivity contribution < 1.29 is 4.79 Å². The van der Waals surface area contributed by atoms with Crippen LogP contribution in [0.4, 0.5) is 5.82 Å². The molecule has 0 saturated heterocycles. The van der Waals surface area contributed by atoms with E-state index in [1.807, 2.05) is 6.92 Å². The van der Waals surface area contributed by atoms with Crippen LogP contribution in [0.2, 0.25) is 0 Å². The summed E-state index contributed by atoms with van der Waals surface area (Å²) >= 11 is 0. The highest BCUT2D eigenvalue weighted by Crippen LogP contribution is 2.02. The Labute approximate surface area is 83.1 Å². The average molecular weight is 196 g/mol. The first-order valence-electron chi connectivity index (χ1n) is 4.75. The average Bonchev–Trinajstić information content (AvgIpc) is 2.52. The number of nitrogens with one attached hydrogen (secondary N) is 2. The zero-order valence-electron chi connectivity index (χ0n) is 8.50. The van der Waals surface area contributed by atoms with Crippen LogP contribution in [0, 0.1) is 0 Å². The molecule has 1 amide bonds. The normalized spacial score (nSPS) is 12.4. The molecule has 5 nitrogen and oxygen atoms in total. The lowest BCUT2D eigenvalue weighted by Gasteiger charge is -2.11. The van der Waals surface area contributed by atoms with Gasteiger partial charge in [-0.2, -0.15) is 5.10 Å². The topological polar surface area (TPSA) is 83.8 Å². The molecular formula is C9H16N4O. The van der Waals surface area contributed by atoms with Gasteiger partial charge in [-0.05, 0) is 13.3 Å². The minimum absolute atomic E-state index is 0.157. The molecule has 1 aromatic heterocycles. The number of carbonyl (C=O) groups is 1. The van der Waals surface area contributed by atoms with Gasteiger partial charge >= 0.3 is 0 Å². The van der Waals surface area contributed by atoms with Gasteiger partial charge in [0.25, 0.3) is 5.91 Å². The fraction of sp³-hybridized carbons (Fsp3) is 0.556. The van der Waals surface area contributed by atoms with Crippen molar-refractivity contribution in [2.24, 2.45) is 0 Å². The number of hydrogen-bond acceptors (Lipinski definition) is 3. The van der Waals surface area contributed by atoms with Crippen molar-refractivity contribution in [3.8, 4) is 0 Å². The molecule has 0 aliphatic rings. The Bertz CT molecular complexity index is 308. The Morgan fingerprint density at radius 2 is 2.50 bits per heavy atom. The number of H-pyrrole nitrogens is 1. The predicted molar refractivity (Wildman–Crippen MR) is 54.8 cm³/mol. The highest BCUT2D eigenvalue weighted by molar-refractivity contribution is 5.93. The third-order valence-electron chi connectivity index (χ3n) is 1.94. The summed E-state index contributed by atoms with van der Waals surface area (Å²) in [5, 5.41) is 9.09. The summed E-state index contributed by atoms with van der Waals surface area (Å²) < 4.78 is 0. The zero-order valence-corrected chi connectivity index (χ0v) is 8.50. The second-order valence-corrected chi connectivity index (χ2v) is 3.37. The molecule has 1 aromatic rings. The lowest BCUT2D eigenvalue weighted by molar-refractivity contribution is 0.0933. The fourth-order valence-electron chi connectivity index (χ4n) is 1.26. The van der Waals surface area contributed by atoms with E-state index in [-0.39, 0.29) is 11.9 Å². The van der Waals surface area contributed by atoms with E-state index >= 15 is 0 Å². The number of nitrogen functional groups attached to an aromatic ring is 1. The highest BCUT2D eigenvalue weighted by atomic mass is 16.2. The molecule has 1 heterocycles. The lowest BCUT2D eigenvalue weighted by Crippen LogP contribution is -2.32. The molecule has 0 radical (unpaired) electrons. The van der Waals surface area contributed by atoms with Crippen molar-refractivity contribution >= 4 is 11.7 Å². The van der Waals surface area contributed by atoms with Crippen LogP contribution < -0.4 is 11.1 Å². The van der Waals surface area contributed by atoms with E-state index in [4.69, 9.17) is 5.73 Å². The number of aromatic nitrogens is 2. The molecule has 0 spiro atoms. The predicted octanol–water partition coefficient (Wildman–Crippen LogP) is 0.910. The molecule has 0 aliphatic carbocycles. The Kier molecular flexibility index (Phi) is 3.50. The van der Waals surface area contributed by atoms with Crippen molar-refractivity contribution in [1.29, 1.82) is 0 Å². The van der Waals surface area contributed by atoms with Crippen molar-refractivity contribution in [2.45, 2.75) is 32.7 Å². The lowest BCUT2D eigenvalue weighted by atomic mass is 10.2. The minimum atomic E-state index is -0.157. The number of nitrogens with two attached hydrogens (primary N) is 1. The van der Waals surface area contributed by atoms with E-state index in [0.717, 1.165) is 12.8 Å². The first-order chi connectivity index (χ1) is 6.63. The SMILES string of the molecule is CCC[C@H](C)NC(=O)c1cc(N)n[nH]1. The minimum Gasteiger partial charge on any atom is -0.382 e. The Morgan fingerprint density at radius 1 is 1.79 bits per heavy atom. The van der Waals surface area contributed by atoms with E-state index < -0.39 is 0 Å². The van der Waals surface area contributed by atoms with Gasteiger partial charge in [0.15, 0.2) is 0 Å². The van der Waals surface area contributed by atoms with Gasteiger partial charge in [-0.1, -0.05) is 13.3 Å². The molecule has 0 saturated carbocycles. The van der Waals surface area contributed by atoms with Gasteiger partial charge in [-0.3, -0.25) is 9.89 Å². The fourth-order valence-corrected chi connectivity index (χ4v) is 1.26. The Morgan fingerprint density at radius 3 is 3.00 bits per heavy atom. The summed E-state index contributed by atoms with van der Waals surface area (Å²) in [5.74, 6) is 0.174. The first kappa shape index (κ1) is 10.6. The summed E-state index contributed by atoms with van der Waals surface area (Å²) in [4.78, 5) is 11.5. The zero-order chi connectivity index (χ0) is 10.6. The maximum absolute atomic E-state index is 11.5. The Balaban J connectivity index is 2.50. The molecule has 5 heteroatoms. The van der Waals surface area contributed by atoms with E-state index in [2.05, 4.69) is 22.4 Å². The summed E-state index contributed by atoms with van der Waals surface area (Å²) in [7, 11) is 0. The van der Waals surface area contributed by atoms with Crippen LogP contribution >= 0.6 is 0 Å². The number of nitrogens with zero attached hydrogens (tertiary/aromatic N) is 1. The van der Waals surface area contributed by atoms with Crippen molar-refractivity contribution in [3.63, 3.8) is 0 Å². The van der Waals surface area contributed by atoms with Crippen LogP contribution in [0.5, 0.6) is 0 Å². The monoisotopic (exact) mass is 196 g/mol. The quantitative estimate of drug-likeness (QED) is 0.669. The molecule has 0 aliphatic heterocycles. The maximum atomic E-state index is 11.5. The number of rotatable bonds is 4. The summed E-state index contributed by atoms with van der Waals surface area (Å²) in [6.07, 6.45) is 2.02. The molecule has 1 atom stereocenters. The van der Waals surface area contributed by atoms with Gasteiger partial charge < -0.3 is 11.1 Å². The number of aromatic amines is 1. The molecule has 0 unspecified atom stereocenters. The maximum Gasteiger partial charge on any atom is 0.269 e. The molecule has 4 N–H and O–H groups in total. The molecule has 0 fully saturated rings. The van der Waals surface area contributed by atoms with Gasteiger partial charge in [-0.15, -0.1) is 0 Å². The molecule has 0 bridgehead atoms. The smallest absolute Gasteiger partial charge is 0.269 e. The van der Waals surface area contributed by atoms with Crippen molar-refractivity contribution in [1.82, 2.24) is 15.5 Å². The van der Waals surface area contributed by atoms with Crippen LogP contribution in [-0.2, 0) is 0 Å². The molecule has 0 aromatic carbocycles. The standard InChI is InChI=1S/C9H16N4O/c1-3-4-6(2)11-9(14)7-5-8(10)13-12-7/h5-6H,3-4H2,1-2H3,(H,11,14)(H3,10,12,13)/t6-/m0/s1. The van der Waals surface area contributed by atoms with E-state index in [1.165, 1.54) is 6.07 Å². The number of hydrogen-bond donors (Lipinski definition) is 3. The van der Waals surface area contributed by atoms with Gasteiger partial charge in [-0.25, -0.2) is 0 Å². The van der Waals surface area contributed by atoms with E-state index in [9.17, 15) is 4.79 Å². The number of anilines is 1. The summed E-state index contributed by atoms with van der Waals surface area (Å²) in [5.41, 5.74) is 5.79. The van der Waals surface area contributed by atoms with Crippen molar-refractivity contribution in [2.75, 3.05) is 5.73 Å². The van der Waals surface area contributed by atoms with Crippen molar-refractivity contribution in [3.05, 3.63) is 11.8 Å². The molecule has 78 valence electrons. The van der Waals surface area contributed by atoms with Crippen LogP contribution in [0.3, 0.4) is 0 Å². The third kappa shape index (κ3) is 2.76. The Hall–Kier alpha value is -1.52. The molecule has 1 rings (SSSR count). The molecule has 14 heavy (non-hydrogen) atoms. The van der Waals surface area contributed by atoms with Crippen LogP contribution in [-0.4, -0.2) is 22.1 Å². The molecular weight excluding hydrogens is 180 g/mol. The second-order valence-electron chi connectivity index (χ2n) is 3.37. The van der Waals surface area contributed by atoms with Crippen LogP contribution in [0.15, 0.2) is 6.07 Å². The summed E-state index contributed by atoms with van der Waals surface area (Å²) in [6, 6.07) is 1.70. The van der Waals surface area contributed by atoms with Gasteiger partial charge in [0.1, 0.15) is 11.5 Å². The largest absolute Gasteiger partial charge is 0.382 e. The van der Waals surface area contributed by atoms with Gasteiger partial charge in [0.05, 0.1) is 0 Å².